The minimum Gasteiger partial charge on any atom is -0.481 e. The molecule has 12 N–H and O–H groups in total. The van der Waals surface area contributed by atoms with Crippen molar-refractivity contribution in [2.24, 2.45) is 5.41 Å². The van der Waals surface area contributed by atoms with E-state index in [1.54, 1.807) is 14.7 Å². The number of nitrogens with zero attached hydrogens (tertiary/aromatic N) is 4. The van der Waals surface area contributed by atoms with E-state index in [2.05, 4.69) is 31.9 Å². The van der Waals surface area contributed by atoms with Gasteiger partial charge in [0.2, 0.25) is 11.8 Å². The number of aliphatic carboxylic acids is 6. The third-order valence-electron chi connectivity index (χ3n) is 17.0. The van der Waals surface area contributed by atoms with Crippen molar-refractivity contribution in [1.82, 2.24) is 40.9 Å². The van der Waals surface area contributed by atoms with Crippen LogP contribution in [0.3, 0.4) is 0 Å². The number of carbonyl (C=O) groups excluding carboxylic acids is 3. The van der Waals surface area contributed by atoms with Crippen LogP contribution in [0.1, 0.15) is 82.6 Å². The van der Waals surface area contributed by atoms with Crippen molar-refractivity contribution in [2.75, 3.05) is 102 Å². The zero-order chi connectivity index (χ0) is 62.1. The maximum absolute atomic E-state index is 14.4. The molecule has 4 aromatic rings. The second kappa shape index (κ2) is 30.2. The zero-order valence-corrected chi connectivity index (χ0v) is 48.0. The molecule has 0 aromatic heterocycles. The second-order valence-corrected chi connectivity index (χ2v) is 23.0. The minimum atomic E-state index is -1.45. The molecule has 4 fully saturated rings. The largest absolute Gasteiger partial charge is 0.481 e. The summed E-state index contributed by atoms with van der Waals surface area (Å²) in [5, 5.41) is 77.7. The Labute approximate surface area is 495 Å². The molecule has 4 aliphatic rings. The number of amides is 4. The summed E-state index contributed by atoms with van der Waals surface area (Å²) in [6.45, 7) is 1.64. The summed E-state index contributed by atoms with van der Waals surface area (Å²) in [6.07, 6.45) is 3.78. The average Bonchev–Trinajstić information content (AvgIpc) is 0.833. The van der Waals surface area contributed by atoms with Gasteiger partial charge in [-0.1, -0.05) is 48.5 Å². The first-order valence-electron chi connectivity index (χ1n) is 29.1. The van der Waals surface area contributed by atoms with E-state index >= 15 is 0 Å². The minimum absolute atomic E-state index is 0.0246. The Morgan fingerprint density at radius 2 is 0.965 bits per heavy atom. The molecule has 0 unspecified atom stereocenters. The van der Waals surface area contributed by atoms with Gasteiger partial charge in [0.1, 0.15) is 29.5 Å². The molecular formula is C59H78N10O17. The number of unbranched alkanes of at least 4 members (excludes halogenated alkanes) is 1. The number of hydrogen-bond donors (Lipinski definition) is 12. The third kappa shape index (κ3) is 18.4. The number of carboxylic acid groups (broad SMARTS) is 6. The van der Waals surface area contributed by atoms with E-state index in [4.69, 9.17) is 5.11 Å². The van der Waals surface area contributed by atoms with E-state index in [9.17, 15) is 78.3 Å². The molecule has 27 heteroatoms. The first-order valence-corrected chi connectivity index (χ1v) is 29.1. The molecule has 0 radical (unpaired) electrons. The summed E-state index contributed by atoms with van der Waals surface area (Å²) < 4.78 is 0. The molecule has 4 aromatic carbocycles. The van der Waals surface area contributed by atoms with Crippen LogP contribution in [0.5, 0.6) is 0 Å². The number of hydrogen-bond acceptors (Lipinski definition) is 17. The standard InChI is InChI=1S/C59H78N10O17/c70-45(32-66-22-24-67(33-47(73)74)26-28-69(35-49(77)78)29-27-68(25-23-66)34-48(75)76)61-36-58-15-18-59(19-16-58,20-17-58)65-51-50(52(79)53(51)80)62-44(31-41-39-10-3-1-8-37(39)30-38-9-2-4-11-40(38)41)54(81)60-21-6-5-12-42(55(82)83)63-57(86)64-43(56(84)85)13-7-14-46(71)72/h1-4,8-11,30,42-44,62,65H,5-7,12-29,31-36H2,(H,60,81)(H,61,70)(H,71,72)(H,73,74)(H,75,76)(H,77,78)(H,82,83)(H,84,85)(H2,63,64,86)/t42-,43-,44-,58?,59?/m0/s1. The maximum Gasteiger partial charge on any atom is 0.326 e. The summed E-state index contributed by atoms with van der Waals surface area (Å²) in [6, 6.07) is 12.4. The smallest absolute Gasteiger partial charge is 0.326 e. The molecule has 1 aliphatic heterocycles. The molecule has 0 spiro atoms. The summed E-state index contributed by atoms with van der Waals surface area (Å²) in [7, 11) is 0. The molecule has 8 rings (SSSR count). The normalized spacial score (nSPS) is 20.1. The van der Waals surface area contributed by atoms with Gasteiger partial charge in [-0.05, 0) is 109 Å². The van der Waals surface area contributed by atoms with Crippen molar-refractivity contribution >= 4 is 86.6 Å². The van der Waals surface area contributed by atoms with Gasteiger partial charge in [0.15, 0.2) is 0 Å². The van der Waals surface area contributed by atoms with Gasteiger partial charge in [-0.15, -0.1) is 0 Å². The Morgan fingerprint density at radius 1 is 0.512 bits per heavy atom. The fourth-order valence-electron chi connectivity index (χ4n) is 12.0. The molecule has 27 nitrogen and oxygen atoms in total. The van der Waals surface area contributed by atoms with E-state index in [1.165, 1.54) is 0 Å². The van der Waals surface area contributed by atoms with Gasteiger partial charge in [-0.25, -0.2) is 14.4 Å². The zero-order valence-electron chi connectivity index (χ0n) is 48.0. The van der Waals surface area contributed by atoms with Crippen LogP contribution < -0.4 is 42.8 Å². The van der Waals surface area contributed by atoms with E-state index < -0.39 is 82.3 Å². The molecule has 1 saturated heterocycles. The lowest BCUT2D eigenvalue weighted by atomic mass is 9.57. The highest BCUT2D eigenvalue weighted by atomic mass is 16.4. The lowest BCUT2D eigenvalue weighted by Crippen LogP contribution is -2.56. The van der Waals surface area contributed by atoms with Crippen LogP contribution in [0.2, 0.25) is 0 Å². The summed E-state index contributed by atoms with van der Waals surface area (Å²) in [5.74, 6) is -7.87. The number of urea groups is 1. The molecule has 3 atom stereocenters. The highest BCUT2D eigenvalue weighted by Crippen LogP contribution is 2.53. The van der Waals surface area contributed by atoms with Crippen molar-refractivity contribution < 1.29 is 73.8 Å². The maximum atomic E-state index is 14.4. The van der Waals surface area contributed by atoms with Gasteiger partial charge >= 0.3 is 41.8 Å². The van der Waals surface area contributed by atoms with Crippen LogP contribution in [0, 0.1) is 5.41 Å². The number of nitrogens with one attached hydrogen (secondary N) is 6. The van der Waals surface area contributed by atoms with Crippen LogP contribution in [0.4, 0.5) is 16.2 Å². The number of fused-ring (bicyclic) bond motifs is 5. The Bertz CT molecular complexity index is 3090. The Balaban J connectivity index is 0.984. The van der Waals surface area contributed by atoms with Gasteiger partial charge in [-0.3, -0.25) is 58.0 Å². The van der Waals surface area contributed by atoms with Crippen molar-refractivity contribution in [3.05, 3.63) is 80.6 Å². The van der Waals surface area contributed by atoms with E-state index in [0.29, 0.717) is 58.2 Å². The summed E-state index contributed by atoms with van der Waals surface area (Å²) in [5.41, 5.74) is -1.46. The van der Waals surface area contributed by atoms with Crippen molar-refractivity contribution in [3.63, 3.8) is 0 Å². The van der Waals surface area contributed by atoms with Crippen LogP contribution >= 0.6 is 0 Å². The number of carboxylic acids is 6. The first kappa shape index (κ1) is 65.3. The summed E-state index contributed by atoms with van der Waals surface area (Å²) in [4.78, 5) is 145. The van der Waals surface area contributed by atoms with Crippen LogP contribution in [0.15, 0.2) is 64.2 Å². The van der Waals surface area contributed by atoms with E-state index in [1.807, 2.05) is 59.5 Å². The third-order valence-corrected chi connectivity index (χ3v) is 17.0. The first-order chi connectivity index (χ1) is 41.0. The van der Waals surface area contributed by atoms with E-state index in [-0.39, 0.29) is 140 Å². The van der Waals surface area contributed by atoms with Gasteiger partial charge in [-0.2, -0.15) is 0 Å². The number of rotatable bonds is 30. The lowest BCUT2D eigenvalue weighted by molar-refractivity contribution is -0.141. The SMILES string of the molecule is O=C(O)CCC[C@H](NC(=O)N[C@@H](CCCCNC(=O)[C@H](Cc1c2ccccc2cc2ccccc12)Nc1c(NC23CCC(CNC(=O)CN4CCN(CC(=O)O)CCN(CC(=O)O)CCN(CC(=O)O)CC4)(CC2)CC3)c(=O)c1=O)C(=O)O)C(=O)O. The number of anilines is 2. The molecule has 466 valence electrons. The van der Waals surface area contributed by atoms with Crippen molar-refractivity contribution in [1.29, 1.82) is 0 Å². The molecule has 86 heavy (non-hydrogen) atoms. The van der Waals surface area contributed by atoms with Gasteiger partial charge in [0.05, 0.1) is 26.2 Å². The van der Waals surface area contributed by atoms with Crippen LogP contribution in [0.25, 0.3) is 21.5 Å². The fourth-order valence-corrected chi connectivity index (χ4v) is 12.0. The van der Waals surface area contributed by atoms with Gasteiger partial charge in [0.25, 0.3) is 10.9 Å². The fraction of sp³-hybridized carbons (Fsp3) is 0.542. The predicted molar refractivity (Wildman–Crippen MR) is 315 cm³/mol. The second-order valence-electron chi connectivity index (χ2n) is 23.0. The Hall–Kier alpha value is -8.27. The molecule has 1 heterocycles. The molecule has 3 aliphatic carbocycles. The monoisotopic (exact) mass is 1200 g/mol. The van der Waals surface area contributed by atoms with Crippen molar-refractivity contribution in [3.8, 4) is 0 Å². The van der Waals surface area contributed by atoms with Crippen LogP contribution in [-0.4, -0.2) is 219 Å². The predicted octanol–water partition coefficient (Wildman–Crippen LogP) is 1.46. The Morgan fingerprint density at radius 3 is 1.43 bits per heavy atom. The average molecular weight is 1200 g/mol. The molecule has 2 bridgehead atoms. The topological polar surface area (TPSA) is 394 Å². The van der Waals surface area contributed by atoms with Crippen molar-refractivity contribution in [2.45, 2.75) is 107 Å². The van der Waals surface area contributed by atoms with Gasteiger partial charge < -0.3 is 62.5 Å². The molecular weight excluding hydrogens is 1120 g/mol. The number of carbonyl (C=O) groups is 9. The Kier molecular flexibility index (Phi) is 22.9. The highest BCUT2D eigenvalue weighted by Gasteiger charge is 2.49. The van der Waals surface area contributed by atoms with E-state index in [0.717, 1.165) is 27.1 Å². The van der Waals surface area contributed by atoms with Crippen LogP contribution in [-0.2, 0) is 44.8 Å². The molecule has 4 amide bonds. The van der Waals surface area contributed by atoms with Gasteiger partial charge in [0, 0.05) is 83.8 Å². The summed E-state index contributed by atoms with van der Waals surface area (Å²) >= 11 is 0. The molecule has 3 saturated carbocycles. The number of benzene rings is 3. The quantitative estimate of drug-likeness (QED) is 0.0200. The highest BCUT2D eigenvalue weighted by molar-refractivity contribution is 6.03. The lowest BCUT2D eigenvalue weighted by Gasteiger charge is -2.54.